The van der Waals surface area contributed by atoms with Crippen LogP contribution in [0.15, 0.2) is 42.1 Å². The second-order valence-electron chi connectivity index (χ2n) is 6.51. The number of anilines is 1. The molecule has 1 aromatic heterocycles. The molecule has 5 nitrogen and oxygen atoms in total. The fraction of sp³-hybridized carbons (Fsp3) is 0.300. The first-order valence-electron chi connectivity index (χ1n) is 8.67. The van der Waals surface area contributed by atoms with Gasteiger partial charge in [0.2, 0.25) is 5.88 Å². The molecule has 0 radical (unpaired) electrons. The number of likely N-dealkylation sites (tertiary alicyclic amines) is 1. The highest BCUT2D eigenvalue weighted by Gasteiger charge is 2.24. The number of rotatable bonds is 3. The molecule has 27 heavy (non-hydrogen) atoms. The van der Waals surface area contributed by atoms with Crippen molar-refractivity contribution >= 4 is 41.0 Å². The summed E-state index contributed by atoms with van der Waals surface area (Å²) in [4.78, 5) is 18.4. The number of methoxy groups -OCH3 is 1. The SMILES string of the molecule is COc1ccc(NC(=O)N2CC/C(=C\c3ccc(Cl)c(Cl)c3)C(C)C2)cn1. The van der Waals surface area contributed by atoms with E-state index in [1.54, 1.807) is 31.5 Å². The maximum atomic E-state index is 12.5. The van der Waals surface area contributed by atoms with Crippen LogP contribution >= 0.6 is 23.2 Å². The number of nitrogens with one attached hydrogen (secondary N) is 1. The molecule has 0 spiro atoms. The number of carbonyl (C=O) groups excluding carboxylic acids is 1. The fourth-order valence-corrected chi connectivity index (χ4v) is 3.35. The Morgan fingerprint density at radius 3 is 2.74 bits per heavy atom. The van der Waals surface area contributed by atoms with Gasteiger partial charge in [0, 0.05) is 19.2 Å². The second-order valence-corrected chi connectivity index (χ2v) is 7.32. The minimum absolute atomic E-state index is 0.123. The number of hydrogen-bond donors (Lipinski definition) is 1. The second kappa shape index (κ2) is 8.63. The number of pyridine rings is 1. The lowest BCUT2D eigenvalue weighted by Gasteiger charge is -2.33. The zero-order chi connectivity index (χ0) is 19.4. The Bertz CT molecular complexity index is 853. The molecular formula is C20H21Cl2N3O2. The van der Waals surface area contributed by atoms with Gasteiger partial charge in [-0.3, -0.25) is 0 Å². The Hall–Kier alpha value is -2.24. The van der Waals surface area contributed by atoms with Gasteiger partial charge >= 0.3 is 6.03 Å². The summed E-state index contributed by atoms with van der Waals surface area (Å²) in [6, 6.07) is 8.97. The Morgan fingerprint density at radius 2 is 2.11 bits per heavy atom. The topological polar surface area (TPSA) is 54.5 Å². The van der Waals surface area contributed by atoms with Crippen LogP contribution in [0.3, 0.4) is 0 Å². The number of carbonyl (C=O) groups is 1. The maximum absolute atomic E-state index is 12.5. The van der Waals surface area contributed by atoms with Crippen molar-refractivity contribution in [3.05, 3.63) is 57.7 Å². The maximum Gasteiger partial charge on any atom is 0.321 e. The minimum Gasteiger partial charge on any atom is -0.481 e. The van der Waals surface area contributed by atoms with E-state index in [9.17, 15) is 4.79 Å². The summed E-state index contributed by atoms with van der Waals surface area (Å²) in [6.07, 6.45) is 4.53. The van der Waals surface area contributed by atoms with Crippen molar-refractivity contribution in [2.45, 2.75) is 13.3 Å². The Kier molecular flexibility index (Phi) is 6.24. The lowest BCUT2D eigenvalue weighted by Crippen LogP contribution is -2.42. The highest BCUT2D eigenvalue weighted by atomic mass is 35.5. The van der Waals surface area contributed by atoms with Crippen LogP contribution in [0.2, 0.25) is 10.0 Å². The van der Waals surface area contributed by atoms with Crippen LogP contribution in [0.5, 0.6) is 5.88 Å². The van der Waals surface area contributed by atoms with Gasteiger partial charge in [-0.25, -0.2) is 9.78 Å². The molecule has 0 bridgehead atoms. The number of nitrogens with zero attached hydrogens (tertiary/aromatic N) is 2. The monoisotopic (exact) mass is 405 g/mol. The summed E-state index contributed by atoms with van der Waals surface area (Å²) in [5, 5.41) is 3.97. The van der Waals surface area contributed by atoms with Crippen molar-refractivity contribution in [2.24, 2.45) is 5.92 Å². The van der Waals surface area contributed by atoms with Crippen molar-refractivity contribution in [2.75, 3.05) is 25.5 Å². The van der Waals surface area contributed by atoms with E-state index >= 15 is 0 Å². The van der Waals surface area contributed by atoms with E-state index in [2.05, 4.69) is 23.3 Å². The van der Waals surface area contributed by atoms with E-state index in [-0.39, 0.29) is 11.9 Å². The van der Waals surface area contributed by atoms with Crippen LogP contribution in [0.25, 0.3) is 6.08 Å². The van der Waals surface area contributed by atoms with Gasteiger partial charge < -0.3 is 15.0 Å². The number of urea groups is 1. The number of amides is 2. The Labute approximate surface area is 168 Å². The smallest absolute Gasteiger partial charge is 0.321 e. The predicted molar refractivity (Wildman–Crippen MR) is 110 cm³/mol. The molecule has 1 unspecified atom stereocenters. The van der Waals surface area contributed by atoms with E-state index in [4.69, 9.17) is 27.9 Å². The number of ether oxygens (including phenoxy) is 1. The van der Waals surface area contributed by atoms with Crippen LogP contribution in [0.1, 0.15) is 18.9 Å². The highest BCUT2D eigenvalue weighted by molar-refractivity contribution is 6.42. The summed E-state index contributed by atoms with van der Waals surface area (Å²) >= 11 is 12.1. The van der Waals surface area contributed by atoms with Crippen LogP contribution in [0, 0.1) is 5.92 Å². The third-order valence-corrected chi connectivity index (χ3v) is 5.32. The van der Waals surface area contributed by atoms with Gasteiger partial charge in [0.15, 0.2) is 0 Å². The molecular weight excluding hydrogens is 385 g/mol. The lowest BCUT2D eigenvalue weighted by molar-refractivity contribution is 0.198. The van der Waals surface area contributed by atoms with Crippen LogP contribution in [-0.2, 0) is 0 Å². The summed E-state index contributed by atoms with van der Waals surface area (Å²) in [5.41, 5.74) is 2.96. The Balaban J connectivity index is 1.62. The normalized spacial score (nSPS) is 18.4. The first kappa shape index (κ1) is 19.5. The van der Waals surface area contributed by atoms with Gasteiger partial charge in [0.25, 0.3) is 0 Å². The van der Waals surface area contributed by atoms with Gasteiger partial charge in [-0.1, -0.05) is 47.8 Å². The van der Waals surface area contributed by atoms with Gasteiger partial charge in [0.05, 0.1) is 29.0 Å². The first-order valence-corrected chi connectivity index (χ1v) is 9.43. The van der Waals surface area contributed by atoms with Gasteiger partial charge in [0.1, 0.15) is 0 Å². The third-order valence-electron chi connectivity index (χ3n) is 4.58. The molecule has 2 heterocycles. The zero-order valence-electron chi connectivity index (χ0n) is 15.2. The molecule has 1 fully saturated rings. The van der Waals surface area contributed by atoms with Gasteiger partial charge in [-0.2, -0.15) is 0 Å². The van der Waals surface area contributed by atoms with Crippen molar-refractivity contribution < 1.29 is 9.53 Å². The fourth-order valence-electron chi connectivity index (χ4n) is 3.04. The van der Waals surface area contributed by atoms with E-state index in [1.165, 1.54) is 5.57 Å². The predicted octanol–water partition coefficient (Wildman–Crippen LogP) is 5.35. The quantitative estimate of drug-likeness (QED) is 0.747. The van der Waals surface area contributed by atoms with Crippen molar-refractivity contribution in [1.29, 1.82) is 0 Å². The number of piperidine rings is 1. The third kappa shape index (κ3) is 4.93. The molecule has 1 aromatic carbocycles. The summed E-state index contributed by atoms with van der Waals surface area (Å²) in [7, 11) is 1.55. The number of hydrogen-bond acceptors (Lipinski definition) is 3. The molecule has 1 N–H and O–H groups in total. The van der Waals surface area contributed by atoms with E-state index < -0.39 is 0 Å². The molecule has 7 heteroatoms. The van der Waals surface area contributed by atoms with Crippen molar-refractivity contribution in [1.82, 2.24) is 9.88 Å². The average Bonchev–Trinajstić information content (AvgIpc) is 2.67. The van der Waals surface area contributed by atoms with E-state index in [0.29, 0.717) is 34.7 Å². The number of halogens is 2. The molecule has 0 aliphatic carbocycles. The highest BCUT2D eigenvalue weighted by Crippen LogP contribution is 2.28. The summed E-state index contributed by atoms with van der Waals surface area (Å²) in [5.74, 6) is 0.768. The summed E-state index contributed by atoms with van der Waals surface area (Å²) < 4.78 is 5.02. The molecule has 2 amide bonds. The van der Waals surface area contributed by atoms with Gasteiger partial charge in [-0.05, 0) is 36.1 Å². The largest absolute Gasteiger partial charge is 0.481 e. The molecule has 1 aliphatic heterocycles. The van der Waals surface area contributed by atoms with Crippen LogP contribution < -0.4 is 10.1 Å². The summed E-state index contributed by atoms with van der Waals surface area (Å²) in [6.45, 7) is 3.44. The van der Waals surface area contributed by atoms with Crippen LogP contribution in [-0.4, -0.2) is 36.1 Å². The minimum atomic E-state index is -0.123. The van der Waals surface area contributed by atoms with Crippen LogP contribution in [0.4, 0.5) is 10.5 Å². The average molecular weight is 406 g/mol. The van der Waals surface area contributed by atoms with E-state index in [1.807, 2.05) is 17.0 Å². The van der Waals surface area contributed by atoms with Gasteiger partial charge in [-0.15, -0.1) is 0 Å². The number of aromatic nitrogens is 1. The zero-order valence-corrected chi connectivity index (χ0v) is 16.7. The molecule has 1 aliphatic rings. The molecule has 0 saturated carbocycles. The molecule has 2 aromatic rings. The molecule has 142 valence electrons. The first-order chi connectivity index (χ1) is 13.0. The molecule has 3 rings (SSSR count). The lowest BCUT2D eigenvalue weighted by atomic mass is 9.91. The molecule has 1 saturated heterocycles. The standard InChI is InChI=1S/C20H21Cl2N3O2/c1-13-12-25(20(26)24-16-4-6-19(27-2)23-11-16)8-7-15(13)9-14-3-5-17(21)18(22)10-14/h3-6,9-11,13H,7-8,12H2,1-2H3,(H,24,26)/b15-9+. The van der Waals surface area contributed by atoms with Crippen molar-refractivity contribution in [3.63, 3.8) is 0 Å². The Morgan fingerprint density at radius 1 is 1.30 bits per heavy atom. The number of benzene rings is 1. The van der Waals surface area contributed by atoms with Crippen molar-refractivity contribution in [3.8, 4) is 5.88 Å². The van der Waals surface area contributed by atoms with E-state index in [0.717, 1.165) is 12.0 Å². The molecule has 1 atom stereocenters.